The van der Waals surface area contributed by atoms with Crippen LogP contribution in [0.3, 0.4) is 0 Å². The van der Waals surface area contributed by atoms with Crippen LogP contribution in [0.15, 0.2) is 42.9 Å². The summed E-state index contributed by atoms with van der Waals surface area (Å²) in [5, 5.41) is 8.14. The van der Waals surface area contributed by atoms with Gasteiger partial charge >= 0.3 is 0 Å². The number of imidazole rings is 1. The van der Waals surface area contributed by atoms with Crippen molar-refractivity contribution in [2.24, 2.45) is 0 Å². The molecule has 3 aromatic rings. The fourth-order valence-corrected chi connectivity index (χ4v) is 3.44. The van der Waals surface area contributed by atoms with Gasteiger partial charge in [0.25, 0.3) is 0 Å². The van der Waals surface area contributed by atoms with Crippen molar-refractivity contribution in [3.05, 3.63) is 65.5 Å². The molecule has 0 saturated heterocycles. The molecule has 0 unspecified atom stereocenters. The standard InChI is InChI=1S/C19H24N6/c1-16-12-21-22-25(16)13-18-19-14-23(9-5-10-24(19)15-20-18)11-8-17-6-3-2-4-7-17/h2-4,6-7,12,15H,5,8-11,13-14H2,1H3. The molecule has 0 atom stereocenters. The maximum Gasteiger partial charge on any atom is 0.0952 e. The Morgan fingerprint density at radius 1 is 1.12 bits per heavy atom. The largest absolute Gasteiger partial charge is 0.333 e. The molecule has 25 heavy (non-hydrogen) atoms. The molecule has 0 spiro atoms. The topological polar surface area (TPSA) is 51.8 Å². The lowest BCUT2D eigenvalue weighted by atomic mass is 10.1. The van der Waals surface area contributed by atoms with E-state index in [0.29, 0.717) is 6.54 Å². The molecule has 4 rings (SSSR count). The van der Waals surface area contributed by atoms with Crippen LogP contribution in [0.4, 0.5) is 0 Å². The van der Waals surface area contributed by atoms with Crippen LogP contribution in [0.5, 0.6) is 0 Å². The molecule has 1 aliphatic heterocycles. The Bertz CT molecular complexity index is 820. The Morgan fingerprint density at radius 3 is 2.80 bits per heavy atom. The summed E-state index contributed by atoms with van der Waals surface area (Å²) in [5.74, 6) is 0. The first-order valence-corrected chi connectivity index (χ1v) is 8.94. The van der Waals surface area contributed by atoms with Crippen LogP contribution in [0.2, 0.25) is 0 Å². The molecular formula is C19H24N6. The summed E-state index contributed by atoms with van der Waals surface area (Å²) in [6.45, 7) is 6.94. The third kappa shape index (κ3) is 3.64. The fourth-order valence-electron chi connectivity index (χ4n) is 3.44. The molecule has 0 bridgehead atoms. The molecule has 0 fully saturated rings. The number of hydrogen-bond acceptors (Lipinski definition) is 4. The minimum absolute atomic E-state index is 0.695. The minimum Gasteiger partial charge on any atom is -0.333 e. The van der Waals surface area contributed by atoms with Crippen molar-refractivity contribution in [3.8, 4) is 0 Å². The molecular weight excluding hydrogens is 312 g/mol. The van der Waals surface area contributed by atoms with Crippen LogP contribution < -0.4 is 0 Å². The number of fused-ring (bicyclic) bond motifs is 1. The molecule has 0 saturated carbocycles. The van der Waals surface area contributed by atoms with Crippen molar-refractivity contribution < 1.29 is 0 Å². The Morgan fingerprint density at radius 2 is 2.00 bits per heavy atom. The zero-order valence-corrected chi connectivity index (χ0v) is 14.7. The molecule has 6 heteroatoms. The van der Waals surface area contributed by atoms with Crippen molar-refractivity contribution in [1.29, 1.82) is 0 Å². The van der Waals surface area contributed by atoms with Gasteiger partial charge in [-0.15, -0.1) is 5.10 Å². The van der Waals surface area contributed by atoms with E-state index in [4.69, 9.17) is 0 Å². The second kappa shape index (κ2) is 7.19. The molecule has 6 nitrogen and oxygen atoms in total. The van der Waals surface area contributed by atoms with E-state index in [1.807, 2.05) is 17.9 Å². The van der Waals surface area contributed by atoms with Gasteiger partial charge in [-0.3, -0.25) is 4.90 Å². The van der Waals surface area contributed by atoms with Gasteiger partial charge in [0, 0.05) is 26.2 Å². The van der Waals surface area contributed by atoms with Crippen LogP contribution in [0.1, 0.15) is 29.1 Å². The summed E-state index contributed by atoms with van der Waals surface area (Å²) in [6.07, 6.45) is 6.03. The zero-order valence-electron chi connectivity index (χ0n) is 14.7. The highest BCUT2D eigenvalue weighted by atomic mass is 15.4. The molecule has 1 aromatic carbocycles. The number of nitrogens with zero attached hydrogens (tertiary/aromatic N) is 6. The minimum atomic E-state index is 0.695. The second-order valence-electron chi connectivity index (χ2n) is 6.73. The SMILES string of the molecule is Cc1cnnn1Cc1ncn2c1CN(CCc1ccccc1)CCC2. The van der Waals surface area contributed by atoms with E-state index in [-0.39, 0.29) is 0 Å². The Kier molecular flexibility index (Phi) is 4.61. The first-order valence-electron chi connectivity index (χ1n) is 8.94. The number of aryl methyl sites for hydroxylation is 2. The van der Waals surface area contributed by atoms with E-state index in [2.05, 4.69) is 55.1 Å². The van der Waals surface area contributed by atoms with Gasteiger partial charge in [-0.25, -0.2) is 9.67 Å². The van der Waals surface area contributed by atoms with Gasteiger partial charge in [0.15, 0.2) is 0 Å². The van der Waals surface area contributed by atoms with E-state index in [1.54, 1.807) is 6.20 Å². The van der Waals surface area contributed by atoms with E-state index < -0.39 is 0 Å². The van der Waals surface area contributed by atoms with Crippen molar-refractivity contribution >= 4 is 0 Å². The van der Waals surface area contributed by atoms with E-state index >= 15 is 0 Å². The van der Waals surface area contributed by atoms with Crippen LogP contribution in [-0.4, -0.2) is 42.5 Å². The first kappa shape index (κ1) is 16.0. The maximum atomic E-state index is 4.66. The smallest absolute Gasteiger partial charge is 0.0952 e. The summed E-state index contributed by atoms with van der Waals surface area (Å²) >= 11 is 0. The molecule has 0 N–H and O–H groups in total. The monoisotopic (exact) mass is 336 g/mol. The second-order valence-corrected chi connectivity index (χ2v) is 6.73. The van der Waals surface area contributed by atoms with Gasteiger partial charge in [-0.2, -0.15) is 0 Å². The van der Waals surface area contributed by atoms with E-state index in [1.165, 1.54) is 17.7 Å². The number of rotatable bonds is 5. The van der Waals surface area contributed by atoms with Crippen LogP contribution >= 0.6 is 0 Å². The van der Waals surface area contributed by atoms with E-state index in [9.17, 15) is 0 Å². The Hall–Kier alpha value is -2.47. The average Bonchev–Trinajstić information content (AvgIpc) is 3.14. The quantitative estimate of drug-likeness (QED) is 0.717. The lowest BCUT2D eigenvalue weighted by Crippen LogP contribution is -2.26. The summed E-state index contributed by atoms with van der Waals surface area (Å²) in [7, 11) is 0. The average molecular weight is 336 g/mol. The van der Waals surface area contributed by atoms with Gasteiger partial charge < -0.3 is 4.57 Å². The van der Waals surface area contributed by atoms with Crippen LogP contribution in [0, 0.1) is 6.92 Å². The number of aromatic nitrogens is 5. The predicted octanol–water partition coefficient (Wildman–Crippen LogP) is 2.28. The molecule has 130 valence electrons. The highest BCUT2D eigenvalue weighted by molar-refractivity contribution is 5.17. The first-order chi connectivity index (χ1) is 12.3. The zero-order chi connectivity index (χ0) is 17.1. The molecule has 0 radical (unpaired) electrons. The molecule has 1 aliphatic rings. The van der Waals surface area contributed by atoms with Crippen LogP contribution in [0.25, 0.3) is 0 Å². The highest BCUT2D eigenvalue weighted by Gasteiger charge is 2.19. The van der Waals surface area contributed by atoms with Crippen LogP contribution in [-0.2, 0) is 26.1 Å². The van der Waals surface area contributed by atoms with Gasteiger partial charge in [0.05, 0.1) is 36.2 Å². The van der Waals surface area contributed by atoms with Gasteiger partial charge in [0.1, 0.15) is 0 Å². The number of benzene rings is 1. The predicted molar refractivity (Wildman–Crippen MR) is 96.1 cm³/mol. The molecule has 2 aromatic heterocycles. The molecule has 0 amide bonds. The lowest BCUT2D eigenvalue weighted by Gasteiger charge is -2.20. The van der Waals surface area contributed by atoms with Crippen molar-refractivity contribution in [2.45, 2.75) is 39.4 Å². The van der Waals surface area contributed by atoms with Gasteiger partial charge in [0.2, 0.25) is 0 Å². The van der Waals surface area contributed by atoms with Crippen molar-refractivity contribution in [2.75, 3.05) is 13.1 Å². The van der Waals surface area contributed by atoms with Crippen molar-refractivity contribution in [1.82, 2.24) is 29.4 Å². The maximum absolute atomic E-state index is 4.66. The summed E-state index contributed by atoms with van der Waals surface area (Å²) < 4.78 is 4.23. The van der Waals surface area contributed by atoms with E-state index in [0.717, 1.165) is 44.0 Å². The number of hydrogen-bond donors (Lipinski definition) is 0. The summed E-state index contributed by atoms with van der Waals surface area (Å²) in [5.41, 5.74) is 4.90. The lowest BCUT2D eigenvalue weighted by molar-refractivity contribution is 0.272. The Labute approximate surface area is 148 Å². The van der Waals surface area contributed by atoms with Gasteiger partial charge in [-0.05, 0) is 25.3 Å². The normalized spacial score (nSPS) is 15.1. The fraction of sp³-hybridized carbons (Fsp3) is 0.421. The van der Waals surface area contributed by atoms with Gasteiger partial charge in [-0.1, -0.05) is 35.5 Å². The summed E-state index contributed by atoms with van der Waals surface area (Å²) in [4.78, 5) is 7.20. The third-order valence-electron chi connectivity index (χ3n) is 4.95. The highest BCUT2D eigenvalue weighted by Crippen LogP contribution is 2.18. The Balaban J connectivity index is 1.47. The third-order valence-corrected chi connectivity index (χ3v) is 4.95. The van der Waals surface area contributed by atoms with Crippen molar-refractivity contribution in [3.63, 3.8) is 0 Å². The molecule has 0 aliphatic carbocycles. The molecule has 3 heterocycles. The summed E-state index contributed by atoms with van der Waals surface area (Å²) in [6, 6.07) is 10.7.